The fourth-order valence-electron chi connectivity index (χ4n) is 4.31. The number of fused-ring (bicyclic) bond motifs is 1. The lowest BCUT2D eigenvalue weighted by Crippen LogP contribution is -2.52. The van der Waals surface area contributed by atoms with E-state index in [1.807, 2.05) is 4.90 Å². The summed E-state index contributed by atoms with van der Waals surface area (Å²) in [6, 6.07) is 9.32. The second-order valence-corrected chi connectivity index (χ2v) is 8.27. The fourth-order valence-corrected chi connectivity index (χ4v) is 4.31. The van der Waals surface area contributed by atoms with E-state index in [1.165, 1.54) is 4.90 Å². The van der Waals surface area contributed by atoms with Crippen molar-refractivity contribution in [1.29, 1.82) is 0 Å². The number of hydrogen-bond donors (Lipinski definition) is 1. The first kappa shape index (κ1) is 18.2. The molecule has 0 bridgehead atoms. The lowest BCUT2D eigenvalue weighted by atomic mass is 10.0. The van der Waals surface area contributed by atoms with Crippen molar-refractivity contribution in [3.05, 3.63) is 64.7 Å². The van der Waals surface area contributed by atoms with Crippen molar-refractivity contribution in [2.75, 3.05) is 26.3 Å². The Kier molecular flexibility index (Phi) is 5.15. The molecule has 2 aromatic carbocycles. The molecule has 1 N–H and O–H groups in total. The number of hydrogen-bond acceptors (Lipinski definition) is 6. The maximum atomic E-state index is 13.0. The first-order valence-corrected chi connectivity index (χ1v) is 11.0. The molecule has 5 rings (SSSR count). The van der Waals surface area contributed by atoms with Crippen LogP contribution in [0.5, 0.6) is 5.75 Å². The van der Waals surface area contributed by atoms with Crippen molar-refractivity contribution >= 4 is 17.7 Å². The summed E-state index contributed by atoms with van der Waals surface area (Å²) in [4.78, 5) is 40.2. The van der Waals surface area contributed by atoms with Gasteiger partial charge in [-0.05, 0) is 29.7 Å². The lowest BCUT2D eigenvalue weighted by Gasteiger charge is -2.29. The minimum Gasteiger partial charge on any atom is -0.489 e. The SMILES string of the molecule is [2H]c1cc(C([2H])N2CCOCC2)ccc1C([2H])Oc1cccc2c1CN(C1CCC(=O)NC1=O)C2=O. The quantitative estimate of drug-likeness (QED) is 0.674. The van der Waals surface area contributed by atoms with Gasteiger partial charge in [0, 0.05) is 38.5 Å². The monoisotopic (exact) mass is 452 g/mol. The Bertz CT molecular complexity index is 1200. The minimum atomic E-state index is -1.22. The van der Waals surface area contributed by atoms with Crippen molar-refractivity contribution < 1.29 is 28.0 Å². The van der Waals surface area contributed by atoms with E-state index >= 15 is 0 Å². The highest BCUT2D eigenvalue weighted by Crippen LogP contribution is 2.34. The Hall–Kier alpha value is -3.23. The zero-order chi connectivity index (χ0) is 25.4. The second-order valence-electron chi connectivity index (χ2n) is 8.27. The topological polar surface area (TPSA) is 88.2 Å². The number of rotatable bonds is 6. The van der Waals surface area contributed by atoms with Gasteiger partial charge in [-0.15, -0.1) is 0 Å². The molecule has 0 saturated carbocycles. The summed E-state index contributed by atoms with van der Waals surface area (Å²) in [5, 5.41) is 2.28. The Balaban J connectivity index is 1.32. The van der Waals surface area contributed by atoms with Crippen LogP contribution in [0.15, 0.2) is 42.4 Å². The summed E-state index contributed by atoms with van der Waals surface area (Å²) in [6.45, 7) is 0.769. The first-order chi connectivity index (χ1) is 17.3. The number of piperidine rings is 1. The predicted octanol–water partition coefficient (Wildman–Crippen LogP) is 1.86. The highest BCUT2D eigenvalue weighted by molar-refractivity contribution is 6.05. The van der Waals surface area contributed by atoms with Gasteiger partial charge in [0.1, 0.15) is 18.4 Å². The van der Waals surface area contributed by atoms with Crippen LogP contribution in [-0.4, -0.2) is 59.9 Å². The summed E-state index contributed by atoms with van der Waals surface area (Å²) in [6.07, 6.45) is 0.430. The average molecular weight is 453 g/mol. The predicted molar refractivity (Wildman–Crippen MR) is 119 cm³/mol. The molecule has 3 aliphatic heterocycles. The lowest BCUT2D eigenvalue weighted by molar-refractivity contribution is -0.136. The van der Waals surface area contributed by atoms with Crippen LogP contribution >= 0.6 is 0 Å². The van der Waals surface area contributed by atoms with Gasteiger partial charge in [-0.2, -0.15) is 0 Å². The standard InChI is InChI=1S/C25H27N3O5/c29-23-9-8-21(24(30)26-23)28-15-20-19(25(28)31)2-1-3-22(20)33-16-18-6-4-17(5-7-18)14-27-10-12-32-13-11-27/h1-7,21H,8-16H2,(H,26,29,30)/i6D,14D,16D. The molecule has 0 aliphatic carbocycles. The van der Waals surface area contributed by atoms with Gasteiger partial charge in [0.25, 0.3) is 5.91 Å². The number of carbonyl (C=O) groups is 3. The molecule has 3 aliphatic rings. The van der Waals surface area contributed by atoms with E-state index in [2.05, 4.69) is 5.32 Å². The summed E-state index contributed by atoms with van der Waals surface area (Å²) in [7, 11) is 0. The smallest absolute Gasteiger partial charge is 0.255 e. The number of amides is 3. The van der Waals surface area contributed by atoms with E-state index in [0.29, 0.717) is 54.3 Å². The van der Waals surface area contributed by atoms with Gasteiger partial charge >= 0.3 is 0 Å². The van der Waals surface area contributed by atoms with Crippen LogP contribution in [-0.2, 0) is 34.0 Å². The number of nitrogens with one attached hydrogen (secondary N) is 1. The van der Waals surface area contributed by atoms with Crippen LogP contribution in [0.2, 0.25) is 0 Å². The van der Waals surface area contributed by atoms with Gasteiger partial charge in [-0.3, -0.25) is 24.6 Å². The van der Waals surface area contributed by atoms with Crippen LogP contribution in [0.1, 0.15) is 44.0 Å². The van der Waals surface area contributed by atoms with E-state index in [1.54, 1.807) is 36.4 Å². The van der Waals surface area contributed by atoms with Crippen LogP contribution in [0.3, 0.4) is 0 Å². The van der Waals surface area contributed by atoms with Crippen molar-refractivity contribution in [3.8, 4) is 5.75 Å². The number of morpholine rings is 1. The van der Waals surface area contributed by atoms with Crippen molar-refractivity contribution in [3.63, 3.8) is 0 Å². The van der Waals surface area contributed by atoms with Crippen LogP contribution in [0.25, 0.3) is 0 Å². The van der Waals surface area contributed by atoms with Crippen LogP contribution in [0, 0.1) is 0 Å². The normalized spacial score (nSPS) is 24.4. The van der Waals surface area contributed by atoms with Gasteiger partial charge < -0.3 is 14.4 Å². The molecule has 8 heteroatoms. The molecular formula is C25H27N3O5. The Morgan fingerprint density at radius 1 is 1.12 bits per heavy atom. The Morgan fingerprint density at radius 2 is 1.94 bits per heavy atom. The maximum absolute atomic E-state index is 13.0. The molecule has 3 unspecified atom stereocenters. The molecule has 2 saturated heterocycles. The van der Waals surface area contributed by atoms with Crippen molar-refractivity contribution in [2.45, 2.75) is 38.5 Å². The Labute approximate surface area is 196 Å². The number of nitrogens with zero attached hydrogens (tertiary/aromatic N) is 2. The molecule has 8 nitrogen and oxygen atoms in total. The molecule has 172 valence electrons. The van der Waals surface area contributed by atoms with Gasteiger partial charge in [-0.1, -0.05) is 30.3 Å². The molecule has 33 heavy (non-hydrogen) atoms. The third kappa shape index (κ3) is 4.62. The average Bonchev–Trinajstić information content (AvgIpc) is 3.21. The summed E-state index contributed by atoms with van der Waals surface area (Å²) in [5.41, 5.74) is 1.99. The first-order valence-electron chi connectivity index (χ1n) is 12.7. The zero-order valence-electron chi connectivity index (χ0n) is 21.1. The van der Waals surface area contributed by atoms with Crippen LogP contribution < -0.4 is 10.1 Å². The van der Waals surface area contributed by atoms with Crippen LogP contribution in [0.4, 0.5) is 0 Å². The molecule has 0 aromatic heterocycles. The zero-order valence-corrected chi connectivity index (χ0v) is 18.1. The molecule has 3 heterocycles. The number of carbonyl (C=O) groups excluding carboxylic acids is 3. The van der Waals surface area contributed by atoms with Gasteiger partial charge in [0.2, 0.25) is 11.8 Å². The number of ether oxygens (including phenoxy) is 2. The third-order valence-electron chi connectivity index (χ3n) is 6.09. The molecule has 3 amide bonds. The van der Waals surface area contributed by atoms with Gasteiger partial charge in [-0.25, -0.2) is 0 Å². The summed E-state index contributed by atoms with van der Waals surface area (Å²) < 4.78 is 36.8. The molecule has 0 spiro atoms. The number of benzene rings is 2. The summed E-state index contributed by atoms with van der Waals surface area (Å²) >= 11 is 0. The second kappa shape index (κ2) is 9.33. The van der Waals surface area contributed by atoms with Gasteiger partial charge in [0.15, 0.2) is 0 Å². The van der Waals surface area contributed by atoms with E-state index in [9.17, 15) is 14.4 Å². The highest BCUT2D eigenvalue weighted by Gasteiger charge is 2.40. The maximum Gasteiger partial charge on any atom is 0.255 e. The number of imide groups is 1. The van der Waals surface area contributed by atoms with E-state index in [4.69, 9.17) is 13.6 Å². The molecule has 3 atom stereocenters. The fraction of sp³-hybridized carbons (Fsp3) is 0.400. The Morgan fingerprint density at radius 3 is 2.73 bits per heavy atom. The van der Waals surface area contributed by atoms with Crippen molar-refractivity contribution in [1.82, 2.24) is 15.1 Å². The molecule has 2 aromatic rings. The minimum absolute atomic E-state index is 0.104. The largest absolute Gasteiger partial charge is 0.489 e. The molecular weight excluding hydrogens is 422 g/mol. The highest BCUT2D eigenvalue weighted by atomic mass is 16.5. The van der Waals surface area contributed by atoms with E-state index < -0.39 is 25.1 Å². The van der Waals surface area contributed by atoms with Crippen molar-refractivity contribution in [2.24, 2.45) is 0 Å². The summed E-state index contributed by atoms with van der Waals surface area (Å²) in [5.74, 6) is -0.815. The molecule has 0 radical (unpaired) electrons. The third-order valence-corrected chi connectivity index (χ3v) is 6.09. The van der Waals surface area contributed by atoms with Gasteiger partial charge in [0.05, 0.1) is 22.5 Å². The molecule has 2 fully saturated rings. The van der Waals surface area contributed by atoms with E-state index in [-0.39, 0.29) is 37.2 Å². The van der Waals surface area contributed by atoms with E-state index in [0.717, 1.165) is 0 Å².